The molecule has 3 nitrogen and oxygen atoms in total. The Bertz CT molecular complexity index is 246. The van der Waals surface area contributed by atoms with E-state index in [1.807, 2.05) is 32.9 Å². The van der Waals surface area contributed by atoms with Gasteiger partial charge in [0.1, 0.15) is 6.61 Å². The van der Waals surface area contributed by atoms with Gasteiger partial charge in [-0.25, -0.2) is 4.79 Å². The summed E-state index contributed by atoms with van der Waals surface area (Å²) in [5.74, 6) is 0. The lowest BCUT2D eigenvalue weighted by atomic mass is 10.1. The second-order valence-electron chi connectivity index (χ2n) is 2.78. The van der Waals surface area contributed by atoms with E-state index in [0.717, 1.165) is 5.57 Å². The Morgan fingerprint density at radius 3 is 2.31 bits per heavy atom. The highest BCUT2D eigenvalue weighted by atomic mass is 16.6. The lowest BCUT2D eigenvalue weighted by molar-refractivity contribution is 0.163. The molecular weight excluding hydrogens is 202 g/mol. The third kappa shape index (κ3) is 4.82. The molecule has 0 saturated carbocycles. The van der Waals surface area contributed by atoms with Gasteiger partial charge in [-0.05, 0) is 12.5 Å². The van der Waals surface area contributed by atoms with Gasteiger partial charge in [-0.1, -0.05) is 32.6 Å². The number of carbonyl (C=O) groups is 1. The molecule has 1 amide bonds. The van der Waals surface area contributed by atoms with Gasteiger partial charge in [0.25, 0.3) is 0 Å². The number of rotatable bonds is 2. The van der Waals surface area contributed by atoms with Gasteiger partial charge in [0, 0.05) is 7.05 Å². The normalized spacial score (nSPS) is 18.1. The third-order valence-electron chi connectivity index (χ3n) is 1.93. The van der Waals surface area contributed by atoms with Crippen LogP contribution in [0.5, 0.6) is 0 Å². The molecule has 1 rings (SSSR count). The minimum absolute atomic E-state index is 0.00806. The number of likely N-dealkylation sites (N-methyl/N-ethyl adjacent to an activating group) is 1. The van der Waals surface area contributed by atoms with Crippen LogP contribution in [0.3, 0.4) is 0 Å². The Balaban J connectivity index is 0. The Labute approximate surface area is 99.1 Å². The first kappa shape index (κ1) is 16.9. The van der Waals surface area contributed by atoms with Crippen molar-refractivity contribution in [3.8, 4) is 0 Å². The number of hydrogen-bond acceptors (Lipinski definition) is 2. The number of nitrogens with zero attached hydrogens (tertiary/aromatic N) is 1. The maximum atomic E-state index is 10.9. The summed E-state index contributed by atoms with van der Waals surface area (Å²) < 4.78 is 4.84. The molecule has 16 heavy (non-hydrogen) atoms. The van der Waals surface area contributed by atoms with Gasteiger partial charge in [0.2, 0.25) is 0 Å². The zero-order valence-electron chi connectivity index (χ0n) is 10.8. The smallest absolute Gasteiger partial charge is 0.410 e. The molecule has 1 aliphatic heterocycles. The molecule has 92 valence electrons. The molecule has 0 aromatic carbocycles. The van der Waals surface area contributed by atoms with Crippen LogP contribution < -0.4 is 0 Å². The molecule has 0 aromatic rings. The minimum Gasteiger partial charge on any atom is -0.447 e. The number of allylic oxidation sites excluding steroid dienone is 1. The molecule has 0 N–H and O–H groups in total. The average molecular weight is 225 g/mol. The quantitative estimate of drug-likeness (QED) is 0.532. The molecule has 0 bridgehead atoms. The molecule has 1 saturated heterocycles. The summed E-state index contributed by atoms with van der Waals surface area (Å²) in [5, 5.41) is 0. The van der Waals surface area contributed by atoms with Crippen LogP contribution >= 0.6 is 0 Å². The van der Waals surface area contributed by atoms with Crippen molar-refractivity contribution in [1.29, 1.82) is 0 Å². The van der Waals surface area contributed by atoms with E-state index in [2.05, 4.69) is 19.7 Å². The van der Waals surface area contributed by atoms with Crippen LogP contribution in [0.2, 0.25) is 0 Å². The highest BCUT2D eigenvalue weighted by Crippen LogP contribution is 2.16. The van der Waals surface area contributed by atoms with Crippen LogP contribution in [-0.4, -0.2) is 30.7 Å². The minimum atomic E-state index is -0.273. The summed E-state index contributed by atoms with van der Waals surface area (Å²) in [6.07, 6.45) is 3.52. The summed E-state index contributed by atoms with van der Waals surface area (Å²) in [7, 11) is 1.72. The lowest BCUT2D eigenvalue weighted by Gasteiger charge is -2.15. The highest BCUT2D eigenvalue weighted by Gasteiger charge is 2.30. The summed E-state index contributed by atoms with van der Waals surface area (Å²) in [5.41, 5.74) is 0.908. The van der Waals surface area contributed by atoms with Crippen molar-refractivity contribution in [3.05, 3.63) is 37.5 Å². The van der Waals surface area contributed by atoms with Crippen LogP contribution in [-0.2, 0) is 4.74 Å². The second-order valence-corrected chi connectivity index (χ2v) is 2.78. The molecule has 0 aliphatic carbocycles. The fourth-order valence-electron chi connectivity index (χ4n) is 1.17. The fraction of sp³-hybridized carbons (Fsp3) is 0.462. The Morgan fingerprint density at radius 2 is 2.00 bits per heavy atom. The van der Waals surface area contributed by atoms with E-state index >= 15 is 0 Å². The standard InChI is InChI=1S/C9H13NO2.C2H6.C2H4/c1-4-5-7(2)8-6-12-9(11)10(8)3;2*1-2/h4-5,8H,2,6H2,1,3H3;1-2H3;1-2H2/b5-4-;;. The van der Waals surface area contributed by atoms with E-state index in [1.54, 1.807) is 11.9 Å². The van der Waals surface area contributed by atoms with Crippen molar-refractivity contribution in [1.82, 2.24) is 4.90 Å². The first-order valence-electron chi connectivity index (χ1n) is 5.38. The SMILES string of the molecule is C=C.C=C(/C=C\C)C1COC(=O)N1C.CC. The van der Waals surface area contributed by atoms with Crippen LogP contribution in [0.15, 0.2) is 37.5 Å². The average Bonchev–Trinajstić information content (AvgIpc) is 2.66. The number of amides is 1. The van der Waals surface area contributed by atoms with Crippen LogP contribution in [0.1, 0.15) is 20.8 Å². The van der Waals surface area contributed by atoms with Gasteiger partial charge in [0.05, 0.1) is 6.04 Å². The van der Waals surface area contributed by atoms with Crippen molar-refractivity contribution in [2.75, 3.05) is 13.7 Å². The monoisotopic (exact) mass is 225 g/mol. The predicted octanol–water partition coefficient (Wildman–Crippen LogP) is 3.40. The zero-order valence-corrected chi connectivity index (χ0v) is 10.8. The Hall–Kier alpha value is -1.51. The Morgan fingerprint density at radius 1 is 1.50 bits per heavy atom. The van der Waals surface area contributed by atoms with Gasteiger partial charge in [-0.3, -0.25) is 0 Å². The maximum absolute atomic E-state index is 10.9. The lowest BCUT2D eigenvalue weighted by Crippen LogP contribution is -2.30. The van der Waals surface area contributed by atoms with Gasteiger partial charge < -0.3 is 9.64 Å². The van der Waals surface area contributed by atoms with Crippen molar-refractivity contribution in [3.63, 3.8) is 0 Å². The largest absolute Gasteiger partial charge is 0.447 e. The van der Waals surface area contributed by atoms with Crippen molar-refractivity contribution >= 4 is 6.09 Å². The fourth-order valence-corrected chi connectivity index (χ4v) is 1.17. The predicted molar refractivity (Wildman–Crippen MR) is 69.5 cm³/mol. The first-order valence-corrected chi connectivity index (χ1v) is 5.38. The molecule has 1 atom stereocenters. The van der Waals surface area contributed by atoms with E-state index in [4.69, 9.17) is 4.74 Å². The molecule has 0 radical (unpaired) electrons. The molecule has 0 aromatic heterocycles. The topological polar surface area (TPSA) is 29.5 Å². The summed E-state index contributed by atoms with van der Waals surface area (Å²) in [6.45, 7) is 16.2. The number of carbonyl (C=O) groups excluding carboxylic acids is 1. The summed E-state index contributed by atoms with van der Waals surface area (Å²) >= 11 is 0. The molecule has 1 aliphatic rings. The van der Waals surface area contributed by atoms with Gasteiger partial charge >= 0.3 is 6.09 Å². The molecule has 1 unspecified atom stereocenters. The molecular formula is C13H23NO2. The van der Waals surface area contributed by atoms with Gasteiger partial charge in [-0.2, -0.15) is 0 Å². The van der Waals surface area contributed by atoms with Crippen molar-refractivity contribution < 1.29 is 9.53 Å². The van der Waals surface area contributed by atoms with E-state index in [9.17, 15) is 4.79 Å². The molecule has 3 heteroatoms. The third-order valence-corrected chi connectivity index (χ3v) is 1.93. The summed E-state index contributed by atoms with van der Waals surface area (Å²) in [4.78, 5) is 12.5. The van der Waals surface area contributed by atoms with Gasteiger partial charge in [0.15, 0.2) is 0 Å². The van der Waals surface area contributed by atoms with Crippen LogP contribution in [0, 0.1) is 0 Å². The molecule has 0 spiro atoms. The van der Waals surface area contributed by atoms with Gasteiger partial charge in [-0.15, -0.1) is 13.2 Å². The second kappa shape index (κ2) is 10.0. The number of ether oxygens (including phenoxy) is 1. The van der Waals surface area contributed by atoms with Crippen molar-refractivity contribution in [2.45, 2.75) is 26.8 Å². The summed E-state index contributed by atoms with van der Waals surface area (Å²) in [6, 6.07) is 0.00806. The van der Waals surface area contributed by atoms with E-state index in [0.29, 0.717) is 6.61 Å². The maximum Gasteiger partial charge on any atom is 0.410 e. The van der Waals surface area contributed by atoms with E-state index in [1.165, 1.54) is 0 Å². The zero-order chi connectivity index (χ0) is 13.1. The van der Waals surface area contributed by atoms with Crippen LogP contribution in [0.4, 0.5) is 4.79 Å². The molecule has 1 fully saturated rings. The highest BCUT2D eigenvalue weighted by molar-refractivity contribution is 5.70. The first-order chi connectivity index (χ1) is 7.66. The number of cyclic esters (lactones) is 1. The van der Waals surface area contributed by atoms with Crippen LogP contribution in [0.25, 0.3) is 0 Å². The van der Waals surface area contributed by atoms with E-state index < -0.39 is 0 Å². The van der Waals surface area contributed by atoms with E-state index in [-0.39, 0.29) is 12.1 Å². The van der Waals surface area contributed by atoms with Crippen molar-refractivity contribution in [2.24, 2.45) is 0 Å². The Kier molecular flexibility index (Phi) is 10.6. The molecule has 1 heterocycles. The number of hydrogen-bond donors (Lipinski definition) is 0.